The molecule has 5 heteroatoms. The Morgan fingerprint density at radius 3 is 2.47 bits per heavy atom. The first-order chi connectivity index (χ1) is 9.20. The fraction of sp³-hybridized carbons (Fsp3) is 0.500. The Hall–Kier alpha value is -1.26. The maximum Gasteiger partial charge on any atom is 0.316 e. The number of rotatable bonds is 4. The standard InChI is InChI=1S/C14H19ClN2O2/c1-2-16(14(15)18)11-12-3-5-13(6-4-12)17-7-9-19-10-8-17/h3-6H,2,7-11H2,1H3. The van der Waals surface area contributed by atoms with Crippen molar-refractivity contribution in [3.8, 4) is 0 Å². The molecule has 1 amide bonds. The average Bonchev–Trinajstić information content (AvgIpc) is 2.46. The van der Waals surface area contributed by atoms with Gasteiger partial charge >= 0.3 is 5.37 Å². The topological polar surface area (TPSA) is 32.8 Å². The van der Waals surface area contributed by atoms with Crippen LogP contribution in [-0.2, 0) is 11.3 Å². The Balaban J connectivity index is 1.99. The van der Waals surface area contributed by atoms with Crippen molar-refractivity contribution in [2.45, 2.75) is 13.5 Å². The van der Waals surface area contributed by atoms with Crippen LogP contribution < -0.4 is 4.90 Å². The van der Waals surface area contributed by atoms with Gasteiger partial charge in [0.05, 0.1) is 13.2 Å². The zero-order chi connectivity index (χ0) is 13.7. The number of hydrogen-bond donors (Lipinski definition) is 0. The van der Waals surface area contributed by atoms with Crippen molar-refractivity contribution in [3.05, 3.63) is 29.8 Å². The maximum atomic E-state index is 11.2. The van der Waals surface area contributed by atoms with Crippen LogP contribution >= 0.6 is 11.6 Å². The van der Waals surface area contributed by atoms with Crippen LogP contribution in [0.4, 0.5) is 10.5 Å². The van der Waals surface area contributed by atoms with E-state index in [2.05, 4.69) is 17.0 Å². The van der Waals surface area contributed by atoms with Gasteiger partial charge in [-0.25, -0.2) is 0 Å². The molecule has 2 rings (SSSR count). The van der Waals surface area contributed by atoms with Crippen molar-refractivity contribution < 1.29 is 9.53 Å². The summed E-state index contributed by atoms with van der Waals surface area (Å²) >= 11 is 5.51. The van der Waals surface area contributed by atoms with Crippen LogP contribution in [0.15, 0.2) is 24.3 Å². The number of halogens is 1. The van der Waals surface area contributed by atoms with Crippen molar-refractivity contribution >= 4 is 22.7 Å². The molecule has 0 saturated carbocycles. The minimum Gasteiger partial charge on any atom is -0.378 e. The minimum absolute atomic E-state index is 0.403. The summed E-state index contributed by atoms with van der Waals surface area (Å²) < 4.78 is 5.34. The fourth-order valence-corrected chi connectivity index (χ4v) is 2.33. The van der Waals surface area contributed by atoms with Gasteiger partial charge in [-0.15, -0.1) is 0 Å². The molecule has 1 aromatic carbocycles. The van der Waals surface area contributed by atoms with Gasteiger partial charge in [0.25, 0.3) is 0 Å². The number of amides is 1. The highest BCUT2D eigenvalue weighted by atomic mass is 35.5. The maximum absolute atomic E-state index is 11.2. The third-order valence-corrected chi connectivity index (χ3v) is 3.56. The summed E-state index contributed by atoms with van der Waals surface area (Å²) in [6.07, 6.45) is 0. The number of ether oxygens (including phenoxy) is 1. The average molecular weight is 283 g/mol. The molecule has 0 unspecified atom stereocenters. The first-order valence-electron chi connectivity index (χ1n) is 6.56. The third kappa shape index (κ3) is 3.85. The van der Waals surface area contributed by atoms with Crippen LogP contribution in [0.1, 0.15) is 12.5 Å². The molecule has 1 aromatic rings. The molecular weight excluding hydrogens is 264 g/mol. The summed E-state index contributed by atoms with van der Waals surface area (Å²) in [5, 5.41) is -0.403. The Kier molecular flexibility index (Phi) is 5.05. The largest absolute Gasteiger partial charge is 0.378 e. The van der Waals surface area contributed by atoms with Crippen molar-refractivity contribution in [3.63, 3.8) is 0 Å². The smallest absolute Gasteiger partial charge is 0.316 e. The Morgan fingerprint density at radius 1 is 1.32 bits per heavy atom. The van der Waals surface area contributed by atoms with Gasteiger partial charge in [0, 0.05) is 31.9 Å². The van der Waals surface area contributed by atoms with E-state index >= 15 is 0 Å². The lowest BCUT2D eigenvalue weighted by molar-refractivity contribution is 0.122. The lowest BCUT2D eigenvalue weighted by Gasteiger charge is -2.29. The summed E-state index contributed by atoms with van der Waals surface area (Å²) in [5.74, 6) is 0. The number of nitrogens with zero attached hydrogens (tertiary/aromatic N) is 2. The van der Waals surface area contributed by atoms with Crippen molar-refractivity contribution in [1.29, 1.82) is 0 Å². The molecule has 4 nitrogen and oxygen atoms in total. The van der Waals surface area contributed by atoms with Gasteiger partial charge in [-0.3, -0.25) is 4.79 Å². The fourth-order valence-electron chi connectivity index (χ4n) is 2.15. The second-order valence-corrected chi connectivity index (χ2v) is 4.86. The zero-order valence-corrected chi connectivity index (χ0v) is 11.9. The predicted octanol–water partition coefficient (Wildman–Crippen LogP) is 2.70. The molecule has 0 aliphatic carbocycles. The van der Waals surface area contributed by atoms with Gasteiger partial charge in [-0.05, 0) is 36.2 Å². The highest BCUT2D eigenvalue weighted by Crippen LogP contribution is 2.17. The first-order valence-corrected chi connectivity index (χ1v) is 6.94. The zero-order valence-electron chi connectivity index (χ0n) is 11.1. The number of hydrogen-bond acceptors (Lipinski definition) is 3. The lowest BCUT2D eigenvalue weighted by atomic mass is 10.2. The van der Waals surface area contributed by atoms with Gasteiger partial charge < -0.3 is 14.5 Å². The molecule has 104 valence electrons. The second kappa shape index (κ2) is 6.78. The number of carbonyl (C=O) groups excluding carboxylic acids is 1. The molecule has 1 aliphatic rings. The van der Waals surface area contributed by atoms with E-state index in [1.807, 2.05) is 19.1 Å². The summed E-state index contributed by atoms with van der Waals surface area (Å²) in [5.41, 5.74) is 2.29. The van der Waals surface area contributed by atoms with E-state index < -0.39 is 5.37 Å². The second-order valence-electron chi connectivity index (χ2n) is 4.53. The Morgan fingerprint density at radius 2 is 1.95 bits per heavy atom. The Bertz CT molecular complexity index is 416. The normalized spacial score (nSPS) is 15.4. The summed E-state index contributed by atoms with van der Waals surface area (Å²) in [4.78, 5) is 15.1. The number of benzene rings is 1. The van der Waals surface area contributed by atoms with Crippen LogP contribution in [0.2, 0.25) is 0 Å². The monoisotopic (exact) mass is 282 g/mol. The SMILES string of the molecule is CCN(Cc1ccc(N2CCOCC2)cc1)C(=O)Cl. The van der Waals surface area contributed by atoms with Gasteiger partial charge in [0.15, 0.2) is 0 Å². The van der Waals surface area contributed by atoms with Crippen LogP contribution in [0.5, 0.6) is 0 Å². The van der Waals surface area contributed by atoms with Gasteiger partial charge in [0.2, 0.25) is 0 Å². The Labute approximate surface area is 118 Å². The van der Waals surface area contributed by atoms with E-state index in [0.717, 1.165) is 31.9 Å². The quantitative estimate of drug-likeness (QED) is 0.629. The molecule has 0 radical (unpaired) electrons. The molecular formula is C14H19ClN2O2. The van der Waals surface area contributed by atoms with Crippen molar-refractivity contribution in [2.24, 2.45) is 0 Å². The van der Waals surface area contributed by atoms with Crippen molar-refractivity contribution in [2.75, 3.05) is 37.7 Å². The minimum atomic E-state index is -0.403. The molecule has 0 spiro atoms. The molecule has 1 saturated heterocycles. The predicted molar refractivity (Wildman–Crippen MR) is 76.8 cm³/mol. The first kappa shape index (κ1) is 14.2. The third-order valence-electron chi connectivity index (χ3n) is 3.32. The van der Waals surface area contributed by atoms with E-state index in [0.29, 0.717) is 13.1 Å². The van der Waals surface area contributed by atoms with Gasteiger partial charge in [-0.1, -0.05) is 12.1 Å². The molecule has 1 fully saturated rings. The molecule has 0 bridgehead atoms. The van der Waals surface area contributed by atoms with Crippen molar-refractivity contribution in [1.82, 2.24) is 4.90 Å². The van der Waals surface area contributed by atoms with Crippen LogP contribution in [-0.4, -0.2) is 43.1 Å². The number of anilines is 1. The van der Waals surface area contributed by atoms with E-state index in [-0.39, 0.29) is 0 Å². The summed E-state index contributed by atoms with van der Waals surface area (Å²) in [6, 6.07) is 8.28. The molecule has 0 aromatic heterocycles. The summed E-state index contributed by atoms with van der Waals surface area (Å²) in [6.45, 7) is 6.53. The molecule has 0 N–H and O–H groups in total. The van der Waals surface area contributed by atoms with Gasteiger partial charge in [-0.2, -0.15) is 0 Å². The summed E-state index contributed by atoms with van der Waals surface area (Å²) in [7, 11) is 0. The van der Waals surface area contributed by atoms with E-state index in [1.165, 1.54) is 5.69 Å². The van der Waals surface area contributed by atoms with E-state index in [4.69, 9.17) is 16.3 Å². The molecule has 0 atom stereocenters. The van der Waals surface area contributed by atoms with Crippen LogP contribution in [0.3, 0.4) is 0 Å². The molecule has 1 aliphatic heterocycles. The lowest BCUT2D eigenvalue weighted by Crippen LogP contribution is -2.36. The van der Waals surface area contributed by atoms with E-state index in [1.54, 1.807) is 4.90 Å². The number of morpholine rings is 1. The van der Waals surface area contributed by atoms with Crippen LogP contribution in [0.25, 0.3) is 0 Å². The number of carbonyl (C=O) groups is 1. The van der Waals surface area contributed by atoms with E-state index in [9.17, 15) is 4.79 Å². The molecule has 19 heavy (non-hydrogen) atoms. The van der Waals surface area contributed by atoms with Gasteiger partial charge in [0.1, 0.15) is 0 Å². The molecule has 1 heterocycles. The highest BCUT2D eigenvalue weighted by molar-refractivity contribution is 6.62. The highest BCUT2D eigenvalue weighted by Gasteiger charge is 2.12. The van der Waals surface area contributed by atoms with Crippen LogP contribution in [0, 0.1) is 0 Å².